The molecule has 1 N–H and O–H groups in total. The highest BCUT2D eigenvalue weighted by molar-refractivity contribution is 5.10. The van der Waals surface area contributed by atoms with E-state index in [1.807, 2.05) is 0 Å². The summed E-state index contributed by atoms with van der Waals surface area (Å²) in [6.45, 7) is 4.65. The Morgan fingerprint density at radius 2 is 1.88 bits per heavy atom. The van der Waals surface area contributed by atoms with E-state index in [0.29, 0.717) is 12.6 Å². The van der Waals surface area contributed by atoms with Crippen LogP contribution in [0.25, 0.3) is 0 Å². The van der Waals surface area contributed by atoms with Crippen molar-refractivity contribution >= 4 is 0 Å². The molecule has 1 rings (SSSR count). The minimum atomic E-state index is -0.524. The number of ether oxygens (including phenoxy) is 1. The quantitative estimate of drug-likeness (QED) is 0.749. The number of rotatable bonds is 5. The van der Waals surface area contributed by atoms with E-state index >= 15 is 0 Å². The van der Waals surface area contributed by atoms with E-state index < -0.39 is 5.54 Å². The van der Waals surface area contributed by atoms with Gasteiger partial charge in [0.2, 0.25) is 0 Å². The molecular formula is C14H26N2O. The first kappa shape index (κ1) is 14.5. The van der Waals surface area contributed by atoms with E-state index in [1.165, 1.54) is 38.5 Å². The molecule has 0 aromatic rings. The third-order valence-electron chi connectivity index (χ3n) is 3.87. The van der Waals surface area contributed by atoms with Gasteiger partial charge in [-0.2, -0.15) is 5.26 Å². The zero-order chi connectivity index (χ0) is 12.7. The van der Waals surface area contributed by atoms with Gasteiger partial charge >= 0.3 is 0 Å². The molecule has 98 valence electrons. The van der Waals surface area contributed by atoms with Crippen molar-refractivity contribution in [3.63, 3.8) is 0 Å². The molecule has 0 heterocycles. The molecule has 3 heteroatoms. The summed E-state index contributed by atoms with van der Waals surface area (Å²) in [5.41, 5.74) is -0.524. The predicted octanol–water partition coefficient (Wildman–Crippen LogP) is 2.86. The summed E-state index contributed by atoms with van der Waals surface area (Å²) in [4.78, 5) is 0. The van der Waals surface area contributed by atoms with E-state index in [-0.39, 0.29) is 5.92 Å². The molecule has 1 aliphatic rings. The van der Waals surface area contributed by atoms with Crippen LogP contribution in [0.1, 0.15) is 52.4 Å². The maximum atomic E-state index is 9.49. The van der Waals surface area contributed by atoms with Gasteiger partial charge in [0.1, 0.15) is 5.54 Å². The van der Waals surface area contributed by atoms with Gasteiger partial charge in [-0.3, -0.25) is 5.32 Å². The Morgan fingerprint density at radius 1 is 1.29 bits per heavy atom. The highest BCUT2D eigenvalue weighted by atomic mass is 16.5. The Bertz CT molecular complexity index is 251. The van der Waals surface area contributed by atoms with E-state index in [9.17, 15) is 5.26 Å². The lowest BCUT2D eigenvalue weighted by atomic mass is 9.87. The van der Waals surface area contributed by atoms with Gasteiger partial charge in [-0.25, -0.2) is 0 Å². The Balaban J connectivity index is 2.67. The monoisotopic (exact) mass is 238 g/mol. The second-order valence-electron chi connectivity index (χ2n) is 5.50. The highest BCUT2D eigenvalue weighted by Crippen LogP contribution is 2.23. The second kappa shape index (κ2) is 6.98. The summed E-state index contributed by atoms with van der Waals surface area (Å²) in [6.07, 6.45) is 7.63. The van der Waals surface area contributed by atoms with Crippen molar-refractivity contribution < 1.29 is 4.74 Å². The van der Waals surface area contributed by atoms with Crippen molar-refractivity contribution in [1.82, 2.24) is 5.32 Å². The third-order valence-corrected chi connectivity index (χ3v) is 3.87. The SMILES string of the molecule is COCC(C#N)(NC1CCCCCC1)C(C)C. The Kier molecular flexibility index (Phi) is 5.94. The predicted molar refractivity (Wildman–Crippen MR) is 69.7 cm³/mol. The molecule has 0 bridgehead atoms. The van der Waals surface area contributed by atoms with Crippen LogP contribution in [0.15, 0.2) is 0 Å². The standard InChI is InChI=1S/C14H26N2O/c1-12(2)14(10-15,11-17-3)16-13-8-6-4-5-7-9-13/h12-13,16H,4-9,11H2,1-3H3. The maximum absolute atomic E-state index is 9.49. The largest absolute Gasteiger partial charge is 0.382 e. The van der Waals surface area contributed by atoms with Crippen LogP contribution in [-0.4, -0.2) is 25.3 Å². The summed E-state index contributed by atoms with van der Waals surface area (Å²) in [6, 6.07) is 2.93. The molecular weight excluding hydrogens is 212 g/mol. The smallest absolute Gasteiger partial charge is 0.132 e. The van der Waals surface area contributed by atoms with Crippen molar-refractivity contribution in [2.75, 3.05) is 13.7 Å². The normalized spacial score (nSPS) is 21.8. The Morgan fingerprint density at radius 3 is 2.29 bits per heavy atom. The molecule has 0 radical (unpaired) electrons. The molecule has 1 aliphatic carbocycles. The van der Waals surface area contributed by atoms with E-state index in [4.69, 9.17) is 4.74 Å². The van der Waals surface area contributed by atoms with Crippen molar-refractivity contribution in [2.24, 2.45) is 5.92 Å². The summed E-state index contributed by atoms with van der Waals surface area (Å²) in [5.74, 6) is 0.260. The van der Waals surface area contributed by atoms with Gasteiger partial charge in [-0.05, 0) is 18.8 Å². The number of nitrogens with zero attached hydrogens (tertiary/aromatic N) is 1. The Hall–Kier alpha value is -0.590. The van der Waals surface area contributed by atoms with Crippen LogP contribution >= 0.6 is 0 Å². The molecule has 1 saturated carbocycles. The zero-order valence-electron chi connectivity index (χ0n) is 11.5. The average molecular weight is 238 g/mol. The molecule has 0 aliphatic heterocycles. The zero-order valence-corrected chi connectivity index (χ0v) is 11.5. The first-order valence-corrected chi connectivity index (χ1v) is 6.82. The summed E-state index contributed by atoms with van der Waals surface area (Å²) in [7, 11) is 1.67. The lowest BCUT2D eigenvalue weighted by molar-refractivity contribution is 0.101. The number of methoxy groups -OCH3 is 1. The first-order chi connectivity index (χ1) is 8.14. The maximum Gasteiger partial charge on any atom is 0.132 e. The molecule has 1 atom stereocenters. The van der Waals surface area contributed by atoms with Gasteiger partial charge in [0, 0.05) is 13.2 Å². The third kappa shape index (κ3) is 3.97. The molecule has 0 saturated heterocycles. The van der Waals surface area contributed by atoms with Gasteiger partial charge in [0.25, 0.3) is 0 Å². The molecule has 0 aromatic carbocycles. The van der Waals surface area contributed by atoms with E-state index in [0.717, 1.165) is 0 Å². The van der Waals surface area contributed by atoms with Crippen molar-refractivity contribution in [1.29, 1.82) is 5.26 Å². The number of nitrogens with one attached hydrogen (secondary N) is 1. The van der Waals surface area contributed by atoms with Crippen LogP contribution < -0.4 is 5.32 Å². The van der Waals surface area contributed by atoms with E-state index in [1.54, 1.807) is 7.11 Å². The van der Waals surface area contributed by atoms with Crippen LogP contribution in [0.5, 0.6) is 0 Å². The summed E-state index contributed by atoms with van der Waals surface area (Å²) < 4.78 is 5.25. The van der Waals surface area contributed by atoms with Crippen LogP contribution in [0, 0.1) is 17.2 Å². The molecule has 0 spiro atoms. The number of hydrogen-bond acceptors (Lipinski definition) is 3. The number of nitriles is 1. The first-order valence-electron chi connectivity index (χ1n) is 6.82. The molecule has 3 nitrogen and oxygen atoms in total. The van der Waals surface area contributed by atoms with Crippen LogP contribution in [0.3, 0.4) is 0 Å². The topological polar surface area (TPSA) is 45.0 Å². The molecule has 1 unspecified atom stereocenters. The molecule has 17 heavy (non-hydrogen) atoms. The van der Waals surface area contributed by atoms with Crippen molar-refractivity contribution in [2.45, 2.75) is 64.0 Å². The van der Waals surface area contributed by atoms with Crippen molar-refractivity contribution in [3.8, 4) is 6.07 Å². The van der Waals surface area contributed by atoms with Gasteiger partial charge in [0.15, 0.2) is 0 Å². The van der Waals surface area contributed by atoms with Crippen LogP contribution in [-0.2, 0) is 4.74 Å². The van der Waals surface area contributed by atoms with Crippen LogP contribution in [0.4, 0.5) is 0 Å². The van der Waals surface area contributed by atoms with Gasteiger partial charge in [-0.15, -0.1) is 0 Å². The lowest BCUT2D eigenvalue weighted by Gasteiger charge is -2.35. The lowest BCUT2D eigenvalue weighted by Crippen LogP contribution is -2.56. The molecule has 0 amide bonds. The van der Waals surface area contributed by atoms with E-state index in [2.05, 4.69) is 25.2 Å². The second-order valence-corrected chi connectivity index (χ2v) is 5.50. The minimum Gasteiger partial charge on any atom is -0.382 e. The van der Waals surface area contributed by atoms with Gasteiger partial charge in [0.05, 0.1) is 12.7 Å². The highest BCUT2D eigenvalue weighted by Gasteiger charge is 2.36. The van der Waals surface area contributed by atoms with Gasteiger partial charge in [-0.1, -0.05) is 39.5 Å². The number of hydrogen-bond donors (Lipinski definition) is 1. The fourth-order valence-corrected chi connectivity index (χ4v) is 2.58. The minimum absolute atomic E-state index is 0.260. The fourth-order valence-electron chi connectivity index (χ4n) is 2.58. The Labute approximate surface area is 106 Å². The van der Waals surface area contributed by atoms with Gasteiger partial charge < -0.3 is 4.74 Å². The molecule has 1 fully saturated rings. The summed E-state index contributed by atoms with van der Waals surface area (Å²) in [5, 5.41) is 13.1. The molecule has 0 aromatic heterocycles. The average Bonchev–Trinajstić information content (AvgIpc) is 2.56. The van der Waals surface area contributed by atoms with Crippen molar-refractivity contribution in [3.05, 3.63) is 0 Å². The fraction of sp³-hybridized carbons (Fsp3) is 0.929. The summed E-state index contributed by atoms with van der Waals surface area (Å²) >= 11 is 0. The van der Waals surface area contributed by atoms with Crippen LogP contribution in [0.2, 0.25) is 0 Å².